The topological polar surface area (TPSA) is 60.4 Å². The van der Waals surface area contributed by atoms with Crippen LogP contribution in [0, 0.1) is 21.7 Å². The van der Waals surface area contributed by atoms with Gasteiger partial charge in [-0.15, -0.1) is 0 Å². The van der Waals surface area contributed by atoms with Gasteiger partial charge in [0, 0.05) is 0 Å². The van der Waals surface area contributed by atoms with E-state index in [0.29, 0.717) is 0 Å². The number of hydrogen-bond donors (Lipinski definition) is 0. The van der Waals surface area contributed by atoms with Gasteiger partial charge in [-0.2, -0.15) is 0 Å². The molecular weight excluding hydrogens is 744 g/mol. The summed E-state index contributed by atoms with van der Waals surface area (Å²) in [7, 11) is 0. The van der Waals surface area contributed by atoms with E-state index in [9.17, 15) is 9.59 Å². The van der Waals surface area contributed by atoms with Crippen molar-refractivity contribution in [1.29, 1.82) is 0 Å². The molecule has 0 saturated heterocycles. The number of ketones is 2. The minimum atomic E-state index is -0.365. The van der Waals surface area contributed by atoms with Crippen LogP contribution in [0.5, 0.6) is 0 Å². The number of para-hydroxylation sites is 2. The summed E-state index contributed by atoms with van der Waals surface area (Å²) in [5.74, 6) is 1.75. The third-order valence-corrected chi connectivity index (χ3v) is 12.8. The molecule has 0 amide bonds. The van der Waals surface area contributed by atoms with Gasteiger partial charge in [0.2, 0.25) is 0 Å². The van der Waals surface area contributed by atoms with Gasteiger partial charge < -0.3 is 0 Å². The molecule has 3 heterocycles. The summed E-state index contributed by atoms with van der Waals surface area (Å²) in [6.45, 7) is 25.3. The zero-order valence-electron chi connectivity index (χ0n) is 34.3. The third-order valence-electron chi connectivity index (χ3n) is 10.4. The SMILES string of the molecule is CC(C)(C)C1=CC(=C(c2cc3ccccc3o2)c2ccc(C(=C3C=C(C(C)(C)C)C(=O)C(C(C)(C)C)=C3)c3cc4ccccc4o3)[se]2)C=C(C(C)(C)C)C1=O. The first-order valence-electron chi connectivity index (χ1n) is 19.2. The first kappa shape index (κ1) is 38.6. The molecule has 7 rings (SSSR count). The van der Waals surface area contributed by atoms with Crippen molar-refractivity contribution >= 4 is 59.2 Å². The van der Waals surface area contributed by atoms with Crippen LogP contribution in [-0.2, 0) is 9.59 Å². The second kappa shape index (κ2) is 13.5. The molecule has 55 heavy (non-hydrogen) atoms. The maximum absolute atomic E-state index is 14.1. The van der Waals surface area contributed by atoms with Crippen LogP contribution in [0.1, 0.15) is 103 Å². The molecule has 0 atom stereocenters. The predicted octanol–water partition coefficient (Wildman–Crippen LogP) is 12.9. The summed E-state index contributed by atoms with van der Waals surface area (Å²) >= 11 is -0.220. The number of furan rings is 2. The third kappa shape index (κ3) is 7.37. The molecule has 0 spiro atoms. The van der Waals surface area contributed by atoms with Crippen LogP contribution in [0.2, 0.25) is 0 Å². The van der Waals surface area contributed by atoms with Gasteiger partial charge >= 0.3 is 333 Å². The number of carbonyl (C=O) groups excluding carboxylic acids is 2. The van der Waals surface area contributed by atoms with Crippen LogP contribution in [0.25, 0.3) is 33.1 Å². The zero-order valence-corrected chi connectivity index (χ0v) is 36.0. The van der Waals surface area contributed by atoms with E-state index in [1.54, 1.807) is 0 Å². The van der Waals surface area contributed by atoms with Crippen molar-refractivity contribution in [3.8, 4) is 0 Å². The quantitative estimate of drug-likeness (QED) is 0.170. The molecule has 0 N–H and O–H groups in total. The van der Waals surface area contributed by atoms with E-state index < -0.39 is 0 Å². The molecule has 0 fully saturated rings. The summed E-state index contributed by atoms with van der Waals surface area (Å²) in [5.41, 5.74) is 7.27. The van der Waals surface area contributed by atoms with E-state index in [0.717, 1.165) is 86.9 Å². The summed E-state index contributed by atoms with van der Waals surface area (Å²) < 4.78 is 15.6. The normalized spacial score (nSPS) is 16.1. The van der Waals surface area contributed by atoms with E-state index in [4.69, 9.17) is 8.83 Å². The van der Waals surface area contributed by atoms with E-state index >= 15 is 0 Å². The van der Waals surface area contributed by atoms with Crippen LogP contribution < -0.4 is 0 Å². The van der Waals surface area contributed by atoms with Crippen molar-refractivity contribution in [2.45, 2.75) is 83.1 Å². The van der Waals surface area contributed by atoms with E-state index in [2.05, 4.69) is 144 Å². The van der Waals surface area contributed by atoms with Crippen molar-refractivity contribution in [1.82, 2.24) is 0 Å². The van der Waals surface area contributed by atoms with Gasteiger partial charge in [0.15, 0.2) is 0 Å². The molecule has 5 aromatic rings. The van der Waals surface area contributed by atoms with Gasteiger partial charge in [0.05, 0.1) is 0 Å². The van der Waals surface area contributed by atoms with Gasteiger partial charge in [-0.1, -0.05) is 0 Å². The van der Waals surface area contributed by atoms with Crippen molar-refractivity contribution in [3.63, 3.8) is 0 Å². The van der Waals surface area contributed by atoms with Crippen molar-refractivity contribution in [2.24, 2.45) is 21.7 Å². The Kier molecular flexibility index (Phi) is 9.47. The molecule has 2 aliphatic carbocycles. The van der Waals surface area contributed by atoms with Crippen LogP contribution in [0.15, 0.2) is 139 Å². The average molecular weight is 796 g/mol. The zero-order chi connectivity index (χ0) is 39.8. The molecule has 0 saturated carbocycles. The fraction of sp³-hybridized carbons (Fsp3) is 0.320. The number of allylic oxidation sites excluding steroid dienone is 10. The maximum atomic E-state index is 14.1. The minimum absolute atomic E-state index is 0.101. The van der Waals surface area contributed by atoms with Crippen molar-refractivity contribution in [2.75, 3.05) is 0 Å². The van der Waals surface area contributed by atoms with Gasteiger partial charge in [-0.05, 0) is 0 Å². The van der Waals surface area contributed by atoms with Crippen LogP contribution >= 0.6 is 0 Å². The summed E-state index contributed by atoms with van der Waals surface area (Å²) in [5, 5.41) is 2.05. The Labute approximate surface area is 331 Å². The Bertz CT molecular complexity index is 2270. The van der Waals surface area contributed by atoms with Gasteiger partial charge in [-0.3, -0.25) is 0 Å². The van der Waals surface area contributed by atoms with Gasteiger partial charge in [0.25, 0.3) is 0 Å². The summed E-state index contributed by atoms with van der Waals surface area (Å²) in [6.07, 6.45) is 8.38. The molecule has 282 valence electrons. The second-order valence-electron chi connectivity index (χ2n) is 19.0. The molecule has 2 aliphatic rings. The molecule has 3 aromatic heterocycles. The Hall–Kier alpha value is -4.70. The standard InChI is InChI=1S/C50H52O4Se/c1-47(2,3)33-23-31(24-34(45(33)51)48(4,5)6)43(39-27-29-17-13-15-19-37(29)53-39)41-21-22-42(55-41)44(40-28-30-18-14-16-20-38(30)54-40)32-25-35(49(7,8)9)46(52)36(26-32)50(10,11)12/h13-28H,1-12H3. The monoisotopic (exact) mass is 796 g/mol. The van der Waals surface area contributed by atoms with E-state index in [1.165, 1.54) is 0 Å². The van der Waals surface area contributed by atoms with Crippen molar-refractivity contribution < 1.29 is 18.4 Å². The number of Topliss-reactive ketones (excluding diaryl/α,β-unsaturated/α-hetero) is 2. The molecule has 0 bridgehead atoms. The first-order chi connectivity index (χ1) is 25.6. The van der Waals surface area contributed by atoms with E-state index in [1.807, 2.05) is 36.4 Å². The molecule has 4 nitrogen and oxygen atoms in total. The fourth-order valence-electron chi connectivity index (χ4n) is 7.40. The van der Waals surface area contributed by atoms with Crippen molar-refractivity contribution in [3.05, 3.63) is 151 Å². The molecule has 0 unspecified atom stereocenters. The number of hydrogen-bond acceptors (Lipinski definition) is 4. The second-order valence-corrected chi connectivity index (χ2v) is 21.3. The first-order valence-corrected chi connectivity index (χ1v) is 20.9. The Balaban J connectivity index is 1.55. The predicted molar refractivity (Wildman–Crippen MR) is 228 cm³/mol. The van der Waals surface area contributed by atoms with Crippen LogP contribution in [0.3, 0.4) is 0 Å². The Morgan fingerprint density at radius 1 is 0.455 bits per heavy atom. The van der Waals surface area contributed by atoms with E-state index in [-0.39, 0.29) is 47.7 Å². The Morgan fingerprint density at radius 3 is 1.05 bits per heavy atom. The molecule has 5 heteroatoms. The van der Waals surface area contributed by atoms with Gasteiger partial charge in [0.1, 0.15) is 0 Å². The molecule has 0 aliphatic heterocycles. The number of fused-ring (bicyclic) bond motifs is 2. The van der Waals surface area contributed by atoms with Crippen LogP contribution in [0.4, 0.5) is 0 Å². The fourth-order valence-corrected chi connectivity index (χ4v) is 9.82. The number of benzene rings is 2. The molecule has 2 aromatic carbocycles. The number of carbonyl (C=O) groups is 2. The number of rotatable bonds is 4. The summed E-state index contributed by atoms with van der Waals surface area (Å²) in [4.78, 5) is 28.2. The average Bonchev–Trinajstić information content (AvgIpc) is 3.83. The van der Waals surface area contributed by atoms with Crippen LogP contribution in [-0.4, -0.2) is 26.1 Å². The Morgan fingerprint density at radius 2 is 0.764 bits per heavy atom. The molecular formula is C50H52O4Se. The van der Waals surface area contributed by atoms with Gasteiger partial charge in [-0.25, -0.2) is 0 Å². The molecule has 0 radical (unpaired) electrons. The summed E-state index contributed by atoms with van der Waals surface area (Å²) in [6, 6.07) is 24.9.